The van der Waals surface area contributed by atoms with Gasteiger partial charge < -0.3 is 5.32 Å². The second kappa shape index (κ2) is 6.35. The third-order valence-corrected chi connectivity index (χ3v) is 5.02. The Morgan fingerprint density at radius 3 is 2.82 bits per heavy atom. The highest BCUT2D eigenvalue weighted by atomic mass is 35.5. The van der Waals surface area contributed by atoms with Crippen LogP contribution in [0.3, 0.4) is 0 Å². The molecule has 0 unspecified atom stereocenters. The Labute approximate surface area is 137 Å². The Hall–Kier alpha value is -2.09. The van der Waals surface area contributed by atoms with Crippen LogP contribution in [0.5, 0.6) is 0 Å². The minimum absolute atomic E-state index is 0.110. The van der Waals surface area contributed by atoms with Crippen molar-refractivity contribution < 1.29 is 4.79 Å². The quantitative estimate of drug-likeness (QED) is 0.866. The fraction of sp³-hybridized carbons (Fsp3) is 0.176. The molecule has 1 aliphatic rings. The molecule has 5 heteroatoms. The van der Waals surface area contributed by atoms with E-state index in [4.69, 9.17) is 11.6 Å². The normalized spacial score (nSPS) is 13.0. The number of benzene rings is 1. The summed E-state index contributed by atoms with van der Waals surface area (Å²) in [5, 5.41) is 12.7. The van der Waals surface area contributed by atoms with Gasteiger partial charge in [-0.15, -0.1) is 22.9 Å². The maximum atomic E-state index is 11.5. The van der Waals surface area contributed by atoms with Crippen LogP contribution in [0.25, 0.3) is 5.57 Å². The third kappa shape index (κ3) is 2.78. The summed E-state index contributed by atoms with van der Waals surface area (Å²) in [4.78, 5) is 12.6. The number of nitriles is 1. The smallest absolute Gasteiger partial charge is 0.239 e. The van der Waals surface area contributed by atoms with E-state index in [9.17, 15) is 10.1 Å². The topological polar surface area (TPSA) is 52.9 Å². The predicted molar refractivity (Wildman–Crippen MR) is 90.2 cm³/mol. The first-order valence-corrected chi connectivity index (χ1v) is 8.23. The summed E-state index contributed by atoms with van der Waals surface area (Å²) in [6.45, 7) is 0. The van der Waals surface area contributed by atoms with Crippen LogP contribution in [0.1, 0.15) is 21.6 Å². The number of alkyl halides is 1. The number of carbonyl (C=O) groups is 1. The minimum atomic E-state index is -0.284. The summed E-state index contributed by atoms with van der Waals surface area (Å²) in [5.74, 6) is -0.394. The summed E-state index contributed by atoms with van der Waals surface area (Å²) in [7, 11) is 0. The number of fused-ring (bicyclic) bond motifs is 1. The number of carbonyl (C=O) groups excluding carboxylic acids is 1. The molecule has 0 bridgehead atoms. The molecule has 1 heterocycles. The monoisotopic (exact) mass is 328 g/mol. The van der Waals surface area contributed by atoms with E-state index in [0.29, 0.717) is 10.6 Å². The Morgan fingerprint density at radius 1 is 1.36 bits per heavy atom. The van der Waals surface area contributed by atoms with E-state index in [0.717, 1.165) is 23.3 Å². The molecule has 2 aromatic rings. The van der Waals surface area contributed by atoms with E-state index in [1.807, 2.05) is 18.2 Å². The van der Waals surface area contributed by atoms with Crippen LogP contribution in [0, 0.1) is 11.3 Å². The molecule has 22 heavy (non-hydrogen) atoms. The highest BCUT2D eigenvalue weighted by Crippen LogP contribution is 2.39. The molecular formula is C17H13ClN2OS. The number of nitrogens with one attached hydrogen (secondary N) is 1. The summed E-state index contributed by atoms with van der Waals surface area (Å²) in [6, 6.07) is 12.4. The lowest BCUT2D eigenvalue weighted by molar-refractivity contribution is -0.113. The van der Waals surface area contributed by atoms with Gasteiger partial charge in [-0.3, -0.25) is 4.79 Å². The Balaban J connectivity index is 1.92. The number of amides is 1. The van der Waals surface area contributed by atoms with Gasteiger partial charge in [0.05, 0.1) is 5.56 Å². The maximum Gasteiger partial charge on any atom is 0.239 e. The lowest BCUT2D eigenvalue weighted by Crippen LogP contribution is -2.12. The minimum Gasteiger partial charge on any atom is -0.316 e. The number of allylic oxidation sites excluding steroid dienone is 2. The van der Waals surface area contributed by atoms with Crippen molar-refractivity contribution in [3.05, 3.63) is 58.0 Å². The zero-order valence-corrected chi connectivity index (χ0v) is 13.3. The van der Waals surface area contributed by atoms with Gasteiger partial charge in [0.1, 0.15) is 17.0 Å². The van der Waals surface area contributed by atoms with Gasteiger partial charge in [0.15, 0.2) is 0 Å². The summed E-state index contributed by atoms with van der Waals surface area (Å²) < 4.78 is 0. The fourth-order valence-electron chi connectivity index (χ4n) is 2.58. The van der Waals surface area contributed by atoms with Crippen LogP contribution in [-0.4, -0.2) is 11.8 Å². The van der Waals surface area contributed by atoms with Crippen LogP contribution >= 0.6 is 22.9 Å². The summed E-state index contributed by atoms with van der Waals surface area (Å²) in [5.41, 5.74) is 4.05. The van der Waals surface area contributed by atoms with Crippen LogP contribution in [0.2, 0.25) is 0 Å². The molecule has 0 saturated carbocycles. The Kier molecular flexibility index (Phi) is 4.28. The van der Waals surface area contributed by atoms with Crippen LogP contribution in [0.15, 0.2) is 36.4 Å². The molecule has 1 aromatic heterocycles. The molecule has 1 aliphatic carbocycles. The van der Waals surface area contributed by atoms with E-state index in [-0.39, 0.29) is 11.8 Å². The molecule has 1 aromatic carbocycles. The van der Waals surface area contributed by atoms with E-state index >= 15 is 0 Å². The standard InChI is InChI=1S/C17H13ClN2OS/c18-9-16(21)20-17-14(10-19)13-7-6-12(8-15(13)22-17)11-4-2-1-3-5-11/h1-6H,7-9H2,(H,20,21). The van der Waals surface area contributed by atoms with E-state index in [2.05, 4.69) is 29.6 Å². The van der Waals surface area contributed by atoms with Gasteiger partial charge in [0.25, 0.3) is 0 Å². The third-order valence-electron chi connectivity index (χ3n) is 3.62. The number of anilines is 1. The van der Waals surface area contributed by atoms with E-state index in [1.165, 1.54) is 22.5 Å². The van der Waals surface area contributed by atoms with Crippen molar-refractivity contribution in [3.63, 3.8) is 0 Å². The van der Waals surface area contributed by atoms with Crippen molar-refractivity contribution in [2.75, 3.05) is 11.2 Å². The van der Waals surface area contributed by atoms with Crippen molar-refractivity contribution in [2.24, 2.45) is 0 Å². The fourth-order valence-corrected chi connectivity index (χ4v) is 3.87. The van der Waals surface area contributed by atoms with Crippen LogP contribution < -0.4 is 5.32 Å². The Morgan fingerprint density at radius 2 is 2.14 bits per heavy atom. The lowest BCUT2D eigenvalue weighted by Gasteiger charge is -2.13. The highest BCUT2D eigenvalue weighted by molar-refractivity contribution is 7.16. The molecule has 0 radical (unpaired) electrons. The van der Waals surface area contributed by atoms with E-state index < -0.39 is 0 Å². The largest absolute Gasteiger partial charge is 0.316 e. The molecule has 0 saturated heterocycles. The Bertz CT molecular complexity index is 787. The maximum absolute atomic E-state index is 11.5. The van der Waals surface area contributed by atoms with Crippen molar-refractivity contribution in [3.8, 4) is 6.07 Å². The van der Waals surface area contributed by atoms with Crippen molar-refractivity contribution in [1.82, 2.24) is 0 Å². The predicted octanol–water partition coefficient (Wildman–Crippen LogP) is 3.98. The molecule has 110 valence electrons. The first-order chi connectivity index (χ1) is 10.7. The summed E-state index contributed by atoms with van der Waals surface area (Å²) >= 11 is 7.00. The highest BCUT2D eigenvalue weighted by Gasteiger charge is 2.22. The van der Waals surface area contributed by atoms with E-state index in [1.54, 1.807) is 0 Å². The second-order valence-electron chi connectivity index (χ2n) is 4.98. The van der Waals surface area contributed by atoms with Crippen LogP contribution in [-0.2, 0) is 17.6 Å². The van der Waals surface area contributed by atoms with Gasteiger partial charge in [-0.25, -0.2) is 0 Å². The molecule has 3 rings (SSSR count). The second-order valence-corrected chi connectivity index (χ2v) is 6.35. The number of nitrogens with zero attached hydrogens (tertiary/aromatic N) is 1. The van der Waals surface area contributed by atoms with Crippen molar-refractivity contribution in [1.29, 1.82) is 5.26 Å². The zero-order valence-electron chi connectivity index (χ0n) is 11.7. The summed E-state index contributed by atoms with van der Waals surface area (Å²) in [6.07, 6.45) is 3.67. The van der Waals surface area contributed by atoms with Gasteiger partial charge >= 0.3 is 0 Å². The molecule has 0 spiro atoms. The molecule has 0 aliphatic heterocycles. The van der Waals surface area contributed by atoms with Gasteiger partial charge in [-0.1, -0.05) is 36.4 Å². The molecule has 0 fully saturated rings. The number of rotatable bonds is 3. The van der Waals surface area contributed by atoms with Gasteiger partial charge in [-0.05, 0) is 23.1 Å². The van der Waals surface area contributed by atoms with Gasteiger partial charge in [-0.2, -0.15) is 5.26 Å². The molecule has 1 amide bonds. The molecule has 0 atom stereocenters. The average Bonchev–Trinajstić information content (AvgIpc) is 2.91. The molecular weight excluding hydrogens is 316 g/mol. The van der Waals surface area contributed by atoms with Crippen molar-refractivity contribution >= 4 is 39.4 Å². The number of hydrogen-bond donors (Lipinski definition) is 1. The SMILES string of the molecule is N#Cc1c(NC(=O)CCl)sc2c1CC=C(c1ccccc1)C2. The number of hydrogen-bond acceptors (Lipinski definition) is 3. The number of thiophene rings is 1. The lowest BCUT2D eigenvalue weighted by atomic mass is 9.92. The van der Waals surface area contributed by atoms with Crippen LogP contribution in [0.4, 0.5) is 5.00 Å². The molecule has 1 N–H and O–H groups in total. The zero-order chi connectivity index (χ0) is 15.5. The van der Waals surface area contributed by atoms with Gasteiger partial charge in [0, 0.05) is 11.3 Å². The average molecular weight is 329 g/mol. The number of halogens is 1. The first kappa shape index (κ1) is 14.8. The van der Waals surface area contributed by atoms with Gasteiger partial charge in [0.2, 0.25) is 5.91 Å². The van der Waals surface area contributed by atoms with Crippen molar-refractivity contribution in [2.45, 2.75) is 12.8 Å². The first-order valence-electron chi connectivity index (χ1n) is 6.88. The molecule has 3 nitrogen and oxygen atoms in total.